The standard InChI is InChI=1S/C10H9FN2O2S/c11-6-1-2-7(12)8(3-6)13-9(14)4-16-5-10(13)15/h1-3H,4-5,12H2. The summed E-state index contributed by atoms with van der Waals surface area (Å²) in [6.07, 6.45) is 0. The summed E-state index contributed by atoms with van der Waals surface area (Å²) in [6.45, 7) is 0. The number of halogens is 1. The number of nitrogen functional groups attached to an aromatic ring is 1. The quantitative estimate of drug-likeness (QED) is 0.588. The second-order valence-electron chi connectivity index (χ2n) is 3.32. The first kappa shape index (κ1) is 10.9. The molecule has 1 saturated heterocycles. The SMILES string of the molecule is Nc1ccc(F)cc1N1C(=O)CSCC1=O. The normalized spacial score (nSPS) is 16.7. The van der Waals surface area contributed by atoms with Crippen molar-refractivity contribution in [1.29, 1.82) is 0 Å². The third-order valence-corrected chi connectivity index (χ3v) is 3.09. The highest BCUT2D eigenvalue weighted by molar-refractivity contribution is 8.00. The molecular weight excluding hydrogens is 231 g/mol. The molecule has 84 valence electrons. The zero-order valence-electron chi connectivity index (χ0n) is 8.27. The van der Waals surface area contributed by atoms with Crippen LogP contribution in [0.25, 0.3) is 0 Å². The molecule has 0 radical (unpaired) electrons. The van der Waals surface area contributed by atoms with Crippen LogP contribution >= 0.6 is 11.8 Å². The zero-order chi connectivity index (χ0) is 11.7. The van der Waals surface area contributed by atoms with Crippen LogP contribution in [0.2, 0.25) is 0 Å². The first-order valence-electron chi connectivity index (χ1n) is 4.58. The fraction of sp³-hybridized carbons (Fsp3) is 0.200. The van der Waals surface area contributed by atoms with E-state index in [-0.39, 0.29) is 34.7 Å². The molecule has 6 heteroatoms. The number of imide groups is 1. The van der Waals surface area contributed by atoms with E-state index in [9.17, 15) is 14.0 Å². The number of anilines is 2. The van der Waals surface area contributed by atoms with Gasteiger partial charge in [0.25, 0.3) is 0 Å². The maximum absolute atomic E-state index is 13.0. The van der Waals surface area contributed by atoms with Gasteiger partial charge < -0.3 is 5.73 Å². The van der Waals surface area contributed by atoms with Crippen molar-refractivity contribution in [2.24, 2.45) is 0 Å². The highest BCUT2D eigenvalue weighted by atomic mass is 32.2. The monoisotopic (exact) mass is 240 g/mol. The number of amides is 2. The number of hydrogen-bond acceptors (Lipinski definition) is 4. The fourth-order valence-electron chi connectivity index (χ4n) is 1.47. The summed E-state index contributed by atoms with van der Waals surface area (Å²) in [5.41, 5.74) is 5.98. The van der Waals surface area contributed by atoms with Gasteiger partial charge in [0.1, 0.15) is 5.82 Å². The number of nitrogens with zero attached hydrogens (tertiary/aromatic N) is 1. The molecule has 1 fully saturated rings. The van der Waals surface area contributed by atoms with Gasteiger partial charge in [-0.25, -0.2) is 9.29 Å². The largest absolute Gasteiger partial charge is 0.397 e. The van der Waals surface area contributed by atoms with Crippen molar-refractivity contribution >= 4 is 35.0 Å². The third-order valence-electron chi connectivity index (χ3n) is 2.18. The Morgan fingerprint density at radius 2 is 1.88 bits per heavy atom. The van der Waals surface area contributed by atoms with Crippen LogP contribution in [0.3, 0.4) is 0 Å². The molecule has 0 unspecified atom stereocenters. The molecule has 2 N–H and O–H groups in total. The first-order valence-corrected chi connectivity index (χ1v) is 5.73. The van der Waals surface area contributed by atoms with Crippen LogP contribution in [-0.4, -0.2) is 23.3 Å². The molecule has 2 amide bonds. The number of carbonyl (C=O) groups is 2. The predicted molar refractivity (Wildman–Crippen MR) is 60.6 cm³/mol. The van der Waals surface area contributed by atoms with Crippen molar-refractivity contribution in [3.05, 3.63) is 24.0 Å². The molecule has 1 aromatic carbocycles. The molecule has 1 heterocycles. The second-order valence-corrected chi connectivity index (χ2v) is 4.30. The maximum Gasteiger partial charge on any atom is 0.243 e. The predicted octanol–water partition coefficient (Wildman–Crippen LogP) is 1.01. The van der Waals surface area contributed by atoms with E-state index in [1.165, 1.54) is 23.9 Å². The van der Waals surface area contributed by atoms with Crippen LogP contribution in [0.5, 0.6) is 0 Å². The molecule has 1 aliphatic heterocycles. The number of carbonyl (C=O) groups excluding carboxylic acids is 2. The van der Waals surface area contributed by atoms with Crippen molar-refractivity contribution in [1.82, 2.24) is 0 Å². The Kier molecular flexibility index (Phi) is 2.82. The van der Waals surface area contributed by atoms with E-state index >= 15 is 0 Å². The van der Waals surface area contributed by atoms with Gasteiger partial charge in [0, 0.05) is 6.07 Å². The molecule has 0 aromatic heterocycles. The summed E-state index contributed by atoms with van der Waals surface area (Å²) < 4.78 is 13.0. The highest BCUT2D eigenvalue weighted by Crippen LogP contribution is 2.27. The molecule has 0 bridgehead atoms. The Morgan fingerprint density at radius 1 is 1.25 bits per heavy atom. The van der Waals surface area contributed by atoms with Gasteiger partial charge in [0.2, 0.25) is 11.8 Å². The lowest BCUT2D eigenvalue weighted by Gasteiger charge is -2.25. The minimum absolute atomic E-state index is 0.135. The molecule has 1 aliphatic rings. The van der Waals surface area contributed by atoms with E-state index in [4.69, 9.17) is 5.73 Å². The van der Waals surface area contributed by atoms with Crippen LogP contribution in [0.4, 0.5) is 15.8 Å². The van der Waals surface area contributed by atoms with Crippen molar-refractivity contribution in [2.45, 2.75) is 0 Å². The number of hydrogen-bond donors (Lipinski definition) is 1. The Balaban J connectivity index is 2.45. The minimum atomic E-state index is -0.525. The van der Waals surface area contributed by atoms with Gasteiger partial charge in [-0.05, 0) is 12.1 Å². The Morgan fingerprint density at radius 3 is 2.50 bits per heavy atom. The van der Waals surface area contributed by atoms with Gasteiger partial charge in [0.05, 0.1) is 22.9 Å². The molecule has 16 heavy (non-hydrogen) atoms. The third kappa shape index (κ3) is 1.88. The summed E-state index contributed by atoms with van der Waals surface area (Å²) >= 11 is 1.24. The van der Waals surface area contributed by atoms with E-state index < -0.39 is 5.82 Å². The topological polar surface area (TPSA) is 63.4 Å². The molecule has 0 atom stereocenters. The van der Waals surface area contributed by atoms with Crippen LogP contribution < -0.4 is 10.6 Å². The van der Waals surface area contributed by atoms with Crippen LogP contribution in [0, 0.1) is 5.82 Å². The number of nitrogens with two attached hydrogens (primary N) is 1. The molecule has 2 rings (SSSR count). The van der Waals surface area contributed by atoms with E-state index in [0.29, 0.717) is 0 Å². The van der Waals surface area contributed by atoms with Crippen molar-refractivity contribution in [3.8, 4) is 0 Å². The van der Waals surface area contributed by atoms with E-state index in [0.717, 1.165) is 11.0 Å². The van der Waals surface area contributed by atoms with Crippen LogP contribution in [0.15, 0.2) is 18.2 Å². The minimum Gasteiger partial charge on any atom is -0.397 e. The summed E-state index contributed by atoms with van der Waals surface area (Å²) in [5.74, 6) is -0.830. The Bertz CT molecular complexity index is 448. The van der Waals surface area contributed by atoms with Crippen molar-refractivity contribution in [2.75, 3.05) is 22.1 Å². The zero-order valence-corrected chi connectivity index (χ0v) is 9.09. The summed E-state index contributed by atoms with van der Waals surface area (Å²) in [4.78, 5) is 24.1. The van der Waals surface area contributed by atoms with Gasteiger partial charge in [-0.15, -0.1) is 11.8 Å². The van der Waals surface area contributed by atoms with E-state index in [1.54, 1.807) is 0 Å². The first-order chi connectivity index (χ1) is 7.59. The molecule has 0 aliphatic carbocycles. The fourth-order valence-corrected chi connectivity index (χ4v) is 2.18. The number of rotatable bonds is 1. The molecule has 1 aromatic rings. The summed E-state index contributed by atoms with van der Waals surface area (Å²) in [6, 6.07) is 3.63. The Hall–Kier alpha value is -1.56. The average molecular weight is 240 g/mol. The Labute approximate surface area is 95.6 Å². The van der Waals surface area contributed by atoms with Gasteiger partial charge in [-0.3, -0.25) is 9.59 Å². The second kappa shape index (κ2) is 4.13. The van der Waals surface area contributed by atoms with Gasteiger partial charge in [-0.2, -0.15) is 0 Å². The van der Waals surface area contributed by atoms with Gasteiger partial charge in [-0.1, -0.05) is 0 Å². The lowest BCUT2D eigenvalue weighted by molar-refractivity contribution is -0.124. The maximum atomic E-state index is 13.0. The van der Waals surface area contributed by atoms with Crippen LogP contribution in [0.1, 0.15) is 0 Å². The lowest BCUT2D eigenvalue weighted by Crippen LogP contribution is -2.43. The van der Waals surface area contributed by atoms with Crippen molar-refractivity contribution < 1.29 is 14.0 Å². The lowest BCUT2D eigenvalue weighted by atomic mass is 10.2. The molecule has 0 saturated carbocycles. The van der Waals surface area contributed by atoms with E-state index in [2.05, 4.69) is 0 Å². The molecular formula is C10H9FN2O2S. The van der Waals surface area contributed by atoms with Gasteiger partial charge in [0.15, 0.2) is 0 Å². The number of thioether (sulfide) groups is 1. The highest BCUT2D eigenvalue weighted by Gasteiger charge is 2.29. The van der Waals surface area contributed by atoms with Gasteiger partial charge >= 0.3 is 0 Å². The molecule has 4 nitrogen and oxygen atoms in total. The van der Waals surface area contributed by atoms with Crippen molar-refractivity contribution in [3.63, 3.8) is 0 Å². The smallest absolute Gasteiger partial charge is 0.243 e. The summed E-state index contributed by atoms with van der Waals surface area (Å²) in [7, 11) is 0. The van der Waals surface area contributed by atoms with Crippen LogP contribution in [-0.2, 0) is 9.59 Å². The van der Waals surface area contributed by atoms with E-state index in [1.807, 2.05) is 0 Å². The molecule has 0 spiro atoms. The summed E-state index contributed by atoms with van der Waals surface area (Å²) in [5, 5.41) is 0. The average Bonchev–Trinajstić information content (AvgIpc) is 2.23. The number of benzene rings is 1.